The van der Waals surface area contributed by atoms with Crippen LogP contribution in [0.1, 0.15) is 30.6 Å². The van der Waals surface area contributed by atoms with E-state index < -0.39 is 39.1 Å². The summed E-state index contributed by atoms with van der Waals surface area (Å²) in [5, 5.41) is -0.292. The summed E-state index contributed by atoms with van der Waals surface area (Å²) in [4.78, 5) is 28.1. The molecule has 0 bridgehead atoms. The van der Waals surface area contributed by atoms with Gasteiger partial charge >= 0.3 is 11.9 Å². The Hall–Kier alpha value is -2.34. The lowest BCUT2D eigenvalue weighted by Gasteiger charge is -2.20. The Morgan fingerprint density at radius 3 is 2.38 bits per heavy atom. The molecule has 0 aliphatic heterocycles. The number of aromatic amines is 1. The zero-order valence-electron chi connectivity index (χ0n) is 14.0. The van der Waals surface area contributed by atoms with Crippen LogP contribution in [0.4, 0.5) is 13.2 Å². The molecule has 0 fully saturated rings. The fourth-order valence-electron chi connectivity index (χ4n) is 2.55. The van der Waals surface area contributed by atoms with Crippen molar-refractivity contribution in [2.24, 2.45) is 0 Å². The molecule has 1 unspecified atom stereocenters. The van der Waals surface area contributed by atoms with Crippen LogP contribution in [0.3, 0.4) is 0 Å². The second-order valence-corrected chi connectivity index (χ2v) is 7.28. The molecule has 0 saturated carbocycles. The summed E-state index contributed by atoms with van der Waals surface area (Å²) in [5.74, 6) is 0. The number of aromatic nitrogens is 2. The van der Waals surface area contributed by atoms with Gasteiger partial charge in [0.05, 0.1) is 28.8 Å². The van der Waals surface area contributed by atoms with Crippen molar-refractivity contribution >= 4 is 20.9 Å². The van der Waals surface area contributed by atoms with Crippen LogP contribution in [-0.2, 0) is 20.9 Å². The van der Waals surface area contributed by atoms with Gasteiger partial charge in [-0.25, -0.2) is 18.0 Å². The van der Waals surface area contributed by atoms with Crippen LogP contribution in [0, 0.1) is 0 Å². The number of nitrogens with one attached hydrogen (secondary N) is 2. The van der Waals surface area contributed by atoms with Crippen LogP contribution >= 0.6 is 0 Å². The van der Waals surface area contributed by atoms with Crippen molar-refractivity contribution in [1.29, 1.82) is 0 Å². The SMILES string of the molecule is CCC(OC)c1cc2c(=O)n(NS(C)(=O)=O)c(=O)[nH]c2cc1C(F)(F)F. The third-order valence-electron chi connectivity index (χ3n) is 3.63. The van der Waals surface area contributed by atoms with Crippen molar-refractivity contribution in [3.63, 3.8) is 0 Å². The largest absolute Gasteiger partial charge is 0.416 e. The fraction of sp³-hybridized carbons (Fsp3) is 0.429. The van der Waals surface area contributed by atoms with Crippen molar-refractivity contribution in [2.75, 3.05) is 18.2 Å². The van der Waals surface area contributed by atoms with E-state index >= 15 is 0 Å². The van der Waals surface area contributed by atoms with Gasteiger partial charge in [0.25, 0.3) is 5.56 Å². The number of alkyl halides is 3. The molecule has 0 radical (unpaired) electrons. The van der Waals surface area contributed by atoms with E-state index in [-0.39, 0.29) is 27.6 Å². The van der Waals surface area contributed by atoms with E-state index in [2.05, 4.69) is 4.98 Å². The van der Waals surface area contributed by atoms with Crippen LogP contribution in [-0.4, -0.2) is 31.4 Å². The molecule has 0 aliphatic rings. The highest BCUT2D eigenvalue weighted by atomic mass is 32.2. The van der Waals surface area contributed by atoms with Crippen LogP contribution in [0.25, 0.3) is 10.9 Å². The minimum atomic E-state index is -4.74. The summed E-state index contributed by atoms with van der Waals surface area (Å²) < 4.78 is 68.0. The molecular formula is C14H16F3N3O5S. The van der Waals surface area contributed by atoms with E-state index in [4.69, 9.17) is 4.74 Å². The number of benzene rings is 1. The third-order valence-corrected chi connectivity index (χ3v) is 4.15. The maximum absolute atomic E-state index is 13.4. The highest BCUT2D eigenvalue weighted by Crippen LogP contribution is 2.37. The molecule has 2 aromatic rings. The van der Waals surface area contributed by atoms with E-state index in [0.29, 0.717) is 6.07 Å². The van der Waals surface area contributed by atoms with Crippen LogP contribution in [0.15, 0.2) is 21.7 Å². The summed E-state index contributed by atoms with van der Waals surface area (Å²) in [6.45, 7) is 1.61. The molecule has 1 heterocycles. The van der Waals surface area contributed by atoms with Gasteiger partial charge in [-0.2, -0.15) is 17.8 Å². The predicted octanol–water partition coefficient (Wildman–Crippen LogP) is 1.31. The molecule has 1 aromatic heterocycles. The van der Waals surface area contributed by atoms with E-state index in [1.54, 1.807) is 11.8 Å². The highest BCUT2D eigenvalue weighted by molar-refractivity contribution is 7.91. The van der Waals surface area contributed by atoms with Crippen molar-refractivity contribution in [3.05, 3.63) is 44.1 Å². The van der Waals surface area contributed by atoms with Gasteiger partial charge in [-0.1, -0.05) is 6.92 Å². The van der Waals surface area contributed by atoms with E-state index in [1.807, 2.05) is 0 Å². The Morgan fingerprint density at radius 1 is 1.31 bits per heavy atom. The molecule has 12 heteroatoms. The Balaban J connectivity index is 2.91. The third kappa shape index (κ3) is 3.90. The minimum absolute atomic E-state index is 0.183. The van der Waals surface area contributed by atoms with Gasteiger partial charge in [-0.05, 0) is 24.1 Å². The summed E-state index contributed by atoms with van der Waals surface area (Å²) in [7, 11) is -2.74. The number of hydrogen-bond donors (Lipinski definition) is 2. The Morgan fingerprint density at radius 2 is 1.92 bits per heavy atom. The monoisotopic (exact) mass is 395 g/mol. The lowest BCUT2D eigenvalue weighted by Crippen LogP contribution is -2.43. The van der Waals surface area contributed by atoms with Gasteiger partial charge in [-0.15, -0.1) is 0 Å². The second kappa shape index (κ2) is 6.76. The molecule has 2 N–H and O–H groups in total. The zero-order chi connectivity index (χ0) is 19.9. The van der Waals surface area contributed by atoms with Crippen molar-refractivity contribution < 1.29 is 26.3 Å². The number of rotatable bonds is 5. The first kappa shape index (κ1) is 20.0. The molecule has 0 amide bonds. The van der Waals surface area contributed by atoms with Gasteiger partial charge in [0.1, 0.15) is 0 Å². The lowest BCUT2D eigenvalue weighted by molar-refractivity contribution is -0.139. The van der Waals surface area contributed by atoms with Crippen LogP contribution in [0.5, 0.6) is 0 Å². The smallest absolute Gasteiger partial charge is 0.377 e. The summed E-state index contributed by atoms with van der Waals surface area (Å²) in [6.07, 6.45) is -4.77. The molecule has 8 nitrogen and oxygen atoms in total. The topological polar surface area (TPSA) is 110 Å². The van der Waals surface area contributed by atoms with Crippen LogP contribution < -0.4 is 16.1 Å². The number of fused-ring (bicyclic) bond motifs is 1. The molecule has 1 atom stereocenters. The first-order valence-electron chi connectivity index (χ1n) is 7.29. The average Bonchev–Trinajstić information content (AvgIpc) is 2.50. The first-order chi connectivity index (χ1) is 11.9. The van der Waals surface area contributed by atoms with Crippen molar-refractivity contribution in [3.8, 4) is 0 Å². The zero-order valence-corrected chi connectivity index (χ0v) is 14.8. The summed E-state index contributed by atoms with van der Waals surface area (Å²) >= 11 is 0. The molecule has 26 heavy (non-hydrogen) atoms. The Labute approximate surface area is 145 Å². The molecule has 0 aliphatic carbocycles. The maximum atomic E-state index is 13.4. The minimum Gasteiger partial charge on any atom is -0.377 e. The summed E-state index contributed by atoms with van der Waals surface area (Å²) in [6, 6.07) is 1.59. The standard InChI is InChI=1S/C14H16F3N3O5S/c1-4-11(25-2)7-5-8-10(6-9(7)14(15,16)17)18-13(22)20(12(8)21)19-26(3,23)24/h5-6,11,19H,4H2,1-3H3,(H,18,22). The maximum Gasteiger partial charge on any atom is 0.416 e. The molecule has 2 rings (SSSR count). The highest BCUT2D eigenvalue weighted by Gasteiger charge is 2.36. The first-order valence-corrected chi connectivity index (χ1v) is 9.19. The van der Waals surface area contributed by atoms with E-state index in [0.717, 1.165) is 12.3 Å². The Kier molecular flexibility index (Phi) is 5.19. The predicted molar refractivity (Wildman–Crippen MR) is 88.1 cm³/mol. The normalized spacial score (nSPS) is 13.8. The summed E-state index contributed by atoms with van der Waals surface area (Å²) in [5.41, 5.74) is -4.02. The van der Waals surface area contributed by atoms with E-state index in [1.165, 1.54) is 7.11 Å². The van der Waals surface area contributed by atoms with Gasteiger partial charge < -0.3 is 9.72 Å². The van der Waals surface area contributed by atoms with Gasteiger partial charge in [-0.3, -0.25) is 4.79 Å². The number of hydrogen-bond acceptors (Lipinski definition) is 5. The molecule has 0 spiro atoms. The molecule has 1 aromatic carbocycles. The molecular weight excluding hydrogens is 379 g/mol. The van der Waals surface area contributed by atoms with Crippen LogP contribution in [0.2, 0.25) is 0 Å². The fourth-order valence-corrected chi connectivity index (χ4v) is 3.05. The number of ether oxygens (including phenoxy) is 1. The number of nitrogens with zero attached hydrogens (tertiary/aromatic N) is 1. The Bertz CT molecular complexity index is 1050. The second-order valence-electron chi connectivity index (χ2n) is 5.55. The van der Waals surface area contributed by atoms with Gasteiger partial charge in [0.15, 0.2) is 0 Å². The quantitative estimate of drug-likeness (QED) is 0.793. The number of methoxy groups -OCH3 is 1. The molecule has 144 valence electrons. The number of halogens is 3. The van der Waals surface area contributed by atoms with Crippen molar-refractivity contribution in [2.45, 2.75) is 25.6 Å². The van der Waals surface area contributed by atoms with Gasteiger partial charge in [0, 0.05) is 7.11 Å². The van der Waals surface area contributed by atoms with Crippen molar-refractivity contribution in [1.82, 2.24) is 9.66 Å². The number of H-pyrrole nitrogens is 1. The molecule has 0 saturated heterocycles. The lowest BCUT2D eigenvalue weighted by atomic mass is 9.97. The number of sulfonamides is 1. The van der Waals surface area contributed by atoms with E-state index in [9.17, 15) is 31.2 Å². The average molecular weight is 395 g/mol. The van der Waals surface area contributed by atoms with Gasteiger partial charge in [0.2, 0.25) is 10.0 Å².